The molecule has 5 heteroatoms. The SMILES string of the molecule is c1ccc(OCCSc2nnc(-c3ccccc3)n2-c2ccccc2)cc1. The van der Waals surface area contributed by atoms with Gasteiger partial charge in [-0.2, -0.15) is 0 Å². The zero-order valence-corrected chi connectivity index (χ0v) is 15.5. The topological polar surface area (TPSA) is 39.9 Å². The fourth-order valence-electron chi connectivity index (χ4n) is 2.76. The van der Waals surface area contributed by atoms with Gasteiger partial charge in [-0.3, -0.25) is 4.57 Å². The van der Waals surface area contributed by atoms with E-state index in [1.807, 2.05) is 66.7 Å². The number of aromatic nitrogens is 3. The van der Waals surface area contributed by atoms with Crippen LogP contribution in [0.3, 0.4) is 0 Å². The van der Waals surface area contributed by atoms with E-state index in [2.05, 4.69) is 39.0 Å². The molecule has 0 atom stereocenters. The molecule has 1 heterocycles. The van der Waals surface area contributed by atoms with Crippen LogP contribution in [0.15, 0.2) is 96.2 Å². The summed E-state index contributed by atoms with van der Waals surface area (Å²) in [6.45, 7) is 0.608. The van der Waals surface area contributed by atoms with Crippen molar-refractivity contribution in [3.8, 4) is 22.8 Å². The monoisotopic (exact) mass is 373 g/mol. The molecule has 4 rings (SSSR count). The van der Waals surface area contributed by atoms with Crippen LogP contribution in [0.1, 0.15) is 0 Å². The number of hydrogen-bond donors (Lipinski definition) is 0. The molecule has 0 unspecified atom stereocenters. The van der Waals surface area contributed by atoms with Gasteiger partial charge in [0.25, 0.3) is 0 Å². The van der Waals surface area contributed by atoms with Crippen molar-refractivity contribution >= 4 is 11.8 Å². The average Bonchev–Trinajstić information content (AvgIpc) is 3.17. The van der Waals surface area contributed by atoms with Gasteiger partial charge in [-0.05, 0) is 24.3 Å². The first-order chi connectivity index (χ1) is 13.4. The van der Waals surface area contributed by atoms with Crippen molar-refractivity contribution in [2.75, 3.05) is 12.4 Å². The lowest BCUT2D eigenvalue weighted by atomic mass is 10.2. The van der Waals surface area contributed by atoms with Gasteiger partial charge in [-0.1, -0.05) is 78.5 Å². The molecular formula is C22H19N3OS. The lowest BCUT2D eigenvalue weighted by Crippen LogP contribution is -2.03. The molecule has 134 valence electrons. The highest BCUT2D eigenvalue weighted by molar-refractivity contribution is 7.99. The van der Waals surface area contributed by atoms with E-state index in [0.717, 1.165) is 33.7 Å². The van der Waals surface area contributed by atoms with Crippen LogP contribution >= 0.6 is 11.8 Å². The van der Waals surface area contributed by atoms with Crippen LogP contribution in [0, 0.1) is 0 Å². The maximum absolute atomic E-state index is 5.79. The molecule has 0 aliphatic rings. The summed E-state index contributed by atoms with van der Waals surface area (Å²) in [6, 6.07) is 30.2. The summed E-state index contributed by atoms with van der Waals surface area (Å²) in [6.07, 6.45) is 0. The molecule has 4 aromatic rings. The van der Waals surface area contributed by atoms with E-state index in [9.17, 15) is 0 Å². The predicted octanol–water partition coefficient (Wildman–Crippen LogP) is 5.11. The Hall–Kier alpha value is -3.05. The smallest absolute Gasteiger partial charge is 0.196 e. The highest BCUT2D eigenvalue weighted by Crippen LogP contribution is 2.27. The van der Waals surface area contributed by atoms with Crippen LogP contribution < -0.4 is 4.74 Å². The molecule has 0 amide bonds. The second-order valence-electron chi connectivity index (χ2n) is 5.85. The maximum Gasteiger partial charge on any atom is 0.196 e. The van der Waals surface area contributed by atoms with Crippen molar-refractivity contribution in [2.45, 2.75) is 5.16 Å². The van der Waals surface area contributed by atoms with E-state index in [1.54, 1.807) is 11.8 Å². The van der Waals surface area contributed by atoms with Crippen molar-refractivity contribution in [3.63, 3.8) is 0 Å². The molecule has 0 saturated heterocycles. The van der Waals surface area contributed by atoms with E-state index in [4.69, 9.17) is 4.74 Å². The summed E-state index contributed by atoms with van der Waals surface area (Å²) >= 11 is 1.64. The zero-order chi connectivity index (χ0) is 18.3. The van der Waals surface area contributed by atoms with Gasteiger partial charge in [0.1, 0.15) is 5.75 Å². The fourth-order valence-corrected chi connectivity index (χ4v) is 3.53. The lowest BCUT2D eigenvalue weighted by molar-refractivity contribution is 0.344. The summed E-state index contributed by atoms with van der Waals surface area (Å²) in [5.74, 6) is 2.51. The number of rotatable bonds is 7. The first kappa shape index (κ1) is 17.4. The molecule has 4 nitrogen and oxygen atoms in total. The van der Waals surface area contributed by atoms with Crippen LogP contribution in [0.25, 0.3) is 17.1 Å². The van der Waals surface area contributed by atoms with Gasteiger partial charge >= 0.3 is 0 Å². The normalized spacial score (nSPS) is 10.7. The van der Waals surface area contributed by atoms with Crippen molar-refractivity contribution in [1.82, 2.24) is 14.8 Å². The second kappa shape index (κ2) is 8.56. The van der Waals surface area contributed by atoms with Gasteiger partial charge in [0.15, 0.2) is 11.0 Å². The Morgan fingerprint density at radius 3 is 2.07 bits per heavy atom. The van der Waals surface area contributed by atoms with Crippen LogP contribution in [0.5, 0.6) is 5.75 Å². The minimum absolute atomic E-state index is 0.608. The molecule has 0 aliphatic carbocycles. The highest BCUT2D eigenvalue weighted by Gasteiger charge is 2.15. The van der Waals surface area contributed by atoms with Gasteiger partial charge in [0.2, 0.25) is 0 Å². The lowest BCUT2D eigenvalue weighted by Gasteiger charge is -2.10. The van der Waals surface area contributed by atoms with E-state index in [1.165, 1.54) is 0 Å². The predicted molar refractivity (Wildman–Crippen MR) is 109 cm³/mol. The fraction of sp³-hybridized carbons (Fsp3) is 0.0909. The molecule has 0 radical (unpaired) electrons. The van der Waals surface area contributed by atoms with E-state index < -0.39 is 0 Å². The van der Waals surface area contributed by atoms with Crippen LogP contribution in [-0.4, -0.2) is 27.1 Å². The molecule has 0 saturated carbocycles. The largest absolute Gasteiger partial charge is 0.493 e. The van der Waals surface area contributed by atoms with Gasteiger partial charge in [0.05, 0.1) is 6.61 Å². The summed E-state index contributed by atoms with van der Waals surface area (Å²) in [7, 11) is 0. The van der Waals surface area contributed by atoms with Gasteiger partial charge in [-0.15, -0.1) is 10.2 Å². The first-order valence-corrected chi connectivity index (χ1v) is 9.77. The Kier molecular flexibility index (Phi) is 5.50. The summed E-state index contributed by atoms with van der Waals surface area (Å²) in [5.41, 5.74) is 2.09. The van der Waals surface area contributed by atoms with Crippen molar-refractivity contribution in [1.29, 1.82) is 0 Å². The first-order valence-electron chi connectivity index (χ1n) is 8.79. The molecule has 0 spiro atoms. The Morgan fingerprint density at radius 1 is 0.741 bits per heavy atom. The summed E-state index contributed by atoms with van der Waals surface area (Å²) in [4.78, 5) is 0. The molecule has 0 N–H and O–H groups in total. The van der Waals surface area contributed by atoms with E-state index in [0.29, 0.717) is 6.61 Å². The van der Waals surface area contributed by atoms with Crippen LogP contribution in [0.4, 0.5) is 0 Å². The third-order valence-corrected chi connectivity index (χ3v) is 4.90. The molecule has 1 aromatic heterocycles. The Balaban J connectivity index is 1.55. The third kappa shape index (κ3) is 4.20. The second-order valence-corrected chi connectivity index (χ2v) is 6.92. The standard InChI is InChI=1S/C22H19N3OS/c1-4-10-18(11-5-1)21-23-24-22(25(21)19-12-6-2-7-13-19)27-17-16-26-20-14-8-3-9-15-20/h1-15H,16-17H2. The Labute approximate surface area is 162 Å². The number of nitrogens with zero attached hydrogens (tertiary/aromatic N) is 3. The third-order valence-electron chi connectivity index (χ3n) is 4.01. The van der Waals surface area contributed by atoms with Gasteiger partial charge in [-0.25, -0.2) is 0 Å². The minimum atomic E-state index is 0.608. The number of para-hydroxylation sites is 2. The number of ether oxygens (including phenoxy) is 1. The minimum Gasteiger partial charge on any atom is -0.493 e. The molecule has 0 bridgehead atoms. The molecule has 3 aromatic carbocycles. The van der Waals surface area contributed by atoms with Gasteiger partial charge in [0, 0.05) is 17.0 Å². The quantitative estimate of drug-likeness (QED) is 0.334. The van der Waals surface area contributed by atoms with Crippen molar-refractivity contribution in [3.05, 3.63) is 91.0 Å². The molecule has 0 fully saturated rings. The maximum atomic E-state index is 5.79. The molecular weight excluding hydrogens is 354 g/mol. The Morgan fingerprint density at radius 2 is 1.37 bits per heavy atom. The average molecular weight is 373 g/mol. The van der Waals surface area contributed by atoms with Crippen molar-refractivity contribution < 1.29 is 4.74 Å². The van der Waals surface area contributed by atoms with Crippen LogP contribution in [0.2, 0.25) is 0 Å². The number of thioether (sulfide) groups is 1. The Bertz CT molecular complexity index is 972. The summed E-state index contributed by atoms with van der Waals surface area (Å²) in [5, 5.41) is 9.74. The van der Waals surface area contributed by atoms with Crippen LogP contribution in [-0.2, 0) is 0 Å². The number of benzene rings is 3. The summed E-state index contributed by atoms with van der Waals surface area (Å²) < 4.78 is 7.89. The van der Waals surface area contributed by atoms with Crippen molar-refractivity contribution in [2.24, 2.45) is 0 Å². The van der Waals surface area contributed by atoms with E-state index in [-0.39, 0.29) is 0 Å². The molecule has 0 aliphatic heterocycles. The zero-order valence-electron chi connectivity index (χ0n) is 14.7. The van der Waals surface area contributed by atoms with Gasteiger partial charge < -0.3 is 4.74 Å². The number of hydrogen-bond acceptors (Lipinski definition) is 4. The molecule has 27 heavy (non-hydrogen) atoms. The highest BCUT2D eigenvalue weighted by atomic mass is 32.2. The van der Waals surface area contributed by atoms with E-state index >= 15 is 0 Å².